The number of rotatable bonds is 6. The van der Waals surface area contributed by atoms with Gasteiger partial charge in [0.05, 0.1) is 5.54 Å². The van der Waals surface area contributed by atoms with Gasteiger partial charge < -0.3 is 20.0 Å². The molecule has 1 saturated heterocycles. The third-order valence-electron chi connectivity index (χ3n) is 7.14. The molecule has 4 amide bonds. The minimum Gasteiger partial charge on any atom is -0.358 e. The highest BCUT2D eigenvalue weighted by molar-refractivity contribution is 5.89. The number of urea groups is 1. The van der Waals surface area contributed by atoms with E-state index in [0.717, 1.165) is 25.7 Å². The van der Waals surface area contributed by atoms with Crippen LogP contribution in [0.2, 0.25) is 0 Å². The number of nitrogens with zero attached hydrogens (tertiary/aromatic N) is 4. The molecule has 2 fully saturated rings. The fraction of sp³-hybridized carbons (Fsp3) is 0.609. The van der Waals surface area contributed by atoms with Crippen LogP contribution in [0.1, 0.15) is 31.2 Å². The van der Waals surface area contributed by atoms with Crippen LogP contribution >= 0.6 is 0 Å². The second kappa shape index (κ2) is 8.86. The van der Waals surface area contributed by atoms with Crippen LogP contribution < -0.4 is 5.32 Å². The Bertz CT molecular complexity index is 816. The molecule has 1 spiro atoms. The Morgan fingerprint density at radius 3 is 2.13 bits per heavy atom. The number of hydrogen-bond acceptors (Lipinski definition) is 4. The molecule has 3 rings (SSSR count). The van der Waals surface area contributed by atoms with Gasteiger partial charge in [-0.1, -0.05) is 30.3 Å². The highest BCUT2D eigenvalue weighted by Crippen LogP contribution is 2.48. The Morgan fingerprint density at radius 1 is 1.00 bits per heavy atom. The summed E-state index contributed by atoms with van der Waals surface area (Å²) in [5, 5.41) is 2.59. The van der Waals surface area contributed by atoms with Crippen LogP contribution in [0.25, 0.3) is 0 Å². The van der Waals surface area contributed by atoms with E-state index in [1.54, 1.807) is 30.9 Å². The molecule has 1 aliphatic heterocycles. The first-order valence-electron chi connectivity index (χ1n) is 10.9. The first-order chi connectivity index (χ1) is 14.6. The van der Waals surface area contributed by atoms with Crippen molar-refractivity contribution in [1.29, 1.82) is 0 Å². The molecular formula is C23H35N5O3. The second-order valence-electron chi connectivity index (χ2n) is 9.20. The number of likely N-dealkylation sites (N-methyl/N-ethyl adjacent to an activating group) is 2. The second-order valence-corrected chi connectivity index (χ2v) is 9.20. The van der Waals surface area contributed by atoms with E-state index in [2.05, 4.69) is 48.6 Å². The Kier molecular flexibility index (Phi) is 6.59. The van der Waals surface area contributed by atoms with E-state index in [1.165, 1.54) is 10.5 Å². The van der Waals surface area contributed by atoms with Gasteiger partial charge >= 0.3 is 6.03 Å². The van der Waals surface area contributed by atoms with Crippen molar-refractivity contribution in [3.63, 3.8) is 0 Å². The molecule has 1 aromatic carbocycles. The van der Waals surface area contributed by atoms with Gasteiger partial charge in [0.1, 0.15) is 13.1 Å². The standard InChI is InChI=1S/C23H35N5O3/c1-24-19(29)15-27-17-22(28(21(27)31)16-20(30)25(2)3)11-13-23(14-12-22,26(4)5)18-9-7-6-8-10-18/h6-10H,11-17H2,1-5H3,(H,24,29)/t22-,23-. The van der Waals surface area contributed by atoms with Crippen molar-refractivity contribution in [2.75, 3.05) is 54.9 Å². The summed E-state index contributed by atoms with van der Waals surface area (Å²) < 4.78 is 0. The number of amides is 4. The zero-order chi connectivity index (χ0) is 22.8. The first kappa shape index (κ1) is 23.1. The fourth-order valence-corrected chi connectivity index (χ4v) is 5.07. The number of hydrogen-bond donors (Lipinski definition) is 1. The third kappa shape index (κ3) is 4.26. The van der Waals surface area contributed by atoms with Crippen LogP contribution in [-0.2, 0) is 15.1 Å². The summed E-state index contributed by atoms with van der Waals surface area (Å²) in [5.41, 5.74) is 0.726. The smallest absolute Gasteiger partial charge is 0.321 e. The van der Waals surface area contributed by atoms with Gasteiger partial charge in [-0.3, -0.25) is 14.5 Å². The highest BCUT2D eigenvalue weighted by Gasteiger charge is 2.55. The molecule has 0 unspecified atom stereocenters. The number of carbonyl (C=O) groups excluding carboxylic acids is 3. The Balaban J connectivity index is 1.89. The summed E-state index contributed by atoms with van der Waals surface area (Å²) in [4.78, 5) is 44.9. The number of carbonyl (C=O) groups is 3. The zero-order valence-corrected chi connectivity index (χ0v) is 19.4. The molecule has 1 saturated carbocycles. The monoisotopic (exact) mass is 429 g/mol. The van der Waals surface area contributed by atoms with Gasteiger partial charge in [-0.15, -0.1) is 0 Å². The lowest BCUT2D eigenvalue weighted by atomic mass is 9.68. The third-order valence-corrected chi connectivity index (χ3v) is 7.14. The van der Waals surface area contributed by atoms with E-state index in [9.17, 15) is 14.4 Å². The molecule has 31 heavy (non-hydrogen) atoms. The molecule has 8 nitrogen and oxygen atoms in total. The van der Waals surface area contributed by atoms with Crippen molar-refractivity contribution >= 4 is 17.8 Å². The van der Waals surface area contributed by atoms with Crippen molar-refractivity contribution in [3.8, 4) is 0 Å². The molecule has 1 heterocycles. The topological polar surface area (TPSA) is 76.2 Å². The van der Waals surface area contributed by atoms with Gasteiger partial charge in [-0.2, -0.15) is 0 Å². The van der Waals surface area contributed by atoms with Crippen molar-refractivity contribution in [1.82, 2.24) is 24.9 Å². The summed E-state index contributed by atoms with van der Waals surface area (Å²) in [6.45, 7) is 0.524. The van der Waals surface area contributed by atoms with Crippen LogP contribution in [0.4, 0.5) is 4.79 Å². The predicted octanol–water partition coefficient (Wildman–Crippen LogP) is 1.33. The SMILES string of the molecule is CNC(=O)CN1C[C@]2(CC[C@@](c3ccccc3)(N(C)C)CC2)N(CC(=O)N(C)C)C1=O. The van der Waals surface area contributed by atoms with Crippen molar-refractivity contribution in [2.24, 2.45) is 0 Å². The Labute approximate surface area is 185 Å². The first-order valence-corrected chi connectivity index (χ1v) is 10.9. The van der Waals surface area contributed by atoms with Gasteiger partial charge in [0.15, 0.2) is 0 Å². The predicted molar refractivity (Wildman–Crippen MR) is 119 cm³/mol. The largest absolute Gasteiger partial charge is 0.358 e. The molecule has 0 bridgehead atoms. The van der Waals surface area contributed by atoms with Crippen LogP contribution in [0.5, 0.6) is 0 Å². The summed E-state index contributed by atoms with van der Waals surface area (Å²) in [7, 11) is 9.18. The molecular weight excluding hydrogens is 394 g/mol. The summed E-state index contributed by atoms with van der Waals surface area (Å²) in [5.74, 6) is -0.311. The average Bonchev–Trinajstić information content (AvgIpc) is 3.00. The normalized spacial score (nSPS) is 25.9. The molecule has 0 atom stereocenters. The maximum absolute atomic E-state index is 13.2. The highest BCUT2D eigenvalue weighted by atomic mass is 16.2. The molecule has 2 aliphatic rings. The van der Waals surface area contributed by atoms with Gasteiger partial charge in [0.2, 0.25) is 11.8 Å². The molecule has 1 aliphatic carbocycles. The average molecular weight is 430 g/mol. The van der Waals surface area contributed by atoms with E-state index in [4.69, 9.17) is 0 Å². The van der Waals surface area contributed by atoms with Crippen molar-refractivity contribution in [2.45, 2.75) is 36.8 Å². The molecule has 0 radical (unpaired) electrons. The van der Waals surface area contributed by atoms with Gasteiger partial charge in [-0.25, -0.2) is 4.79 Å². The van der Waals surface area contributed by atoms with Crippen LogP contribution in [0, 0.1) is 0 Å². The van der Waals surface area contributed by atoms with Gasteiger partial charge in [0, 0.05) is 33.2 Å². The van der Waals surface area contributed by atoms with Crippen LogP contribution in [0.3, 0.4) is 0 Å². The lowest BCUT2D eigenvalue weighted by Gasteiger charge is -2.51. The minimum absolute atomic E-state index is 0.0151. The van der Waals surface area contributed by atoms with E-state index in [0.29, 0.717) is 6.54 Å². The minimum atomic E-state index is -0.439. The Hall–Kier alpha value is -2.61. The summed E-state index contributed by atoms with van der Waals surface area (Å²) in [6.07, 6.45) is 3.29. The van der Waals surface area contributed by atoms with Crippen molar-refractivity contribution in [3.05, 3.63) is 35.9 Å². The molecule has 1 aromatic rings. The van der Waals surface area contributed by atoms with E-state index in [-0.39, 0.29) is 36.5 Å². The Morgan fingerprint density at radius 2 is 1.61 bits per heavy atom. The van der Waals surface area contributed by atoms with Crippen molar-refractivity contribution < 1.29 is 14.4 Å². The molecule has 0 aromatic heterocycles. The van der Waals surface area contributed by atoms with Gasteiger partial charge in [-0.05, 0) is 45.3 Å². The van der Waals surface area contributed by atoms with Crippen LogP contribution in [0.15, 0.2) is 30.3 Å². The van der Waals surface area contributed by atoms with Crippen LogP contribution in [-0.4, -0.2) is 97.9 Å². The van der Waals surface area contributed by atoms with E-state index >= 15 is 0 Å². The fourth-order valence-electron chi connectivity index (χ4n) is 5.07. The molecule has 8 heteroatoms. The molecule has 170 valence electrons. The molecule has 1 N–H and O–H groups in total. The number of benzene rings is 1. The quantitative estimate of drug-likeness (QED) is 0.740. The summed E-state index contributed by atoms with van der Waals surface area (Å²) >= 11 is 0. The van der Waals surface area contributed by atoms with Gasteiger partial charge in [0.25, 0.3) is 0 Å². The number of nitrogens with one attached hydrogen (secondary N) is 1. The lowest BCUT2D eigenvalue weighted by Crippen LogP contribution is -2.57. The lowest BCUT2D eigenvalue weighted by molar-refractivity contribution is -0.130. The maximum atomic E-state index is 13.2. The van der Waals surface area contributed by atoms with E-state index in [1.807, 2.05) is 6.07 Å². The van der Waals surface area contributed by atoms with E-state index < -0.39 is 5.54 Å². The zero-order valence-electron chi connectivity index (χ0n) is 19.4. The summed E-state index contributed by atoms with van der Waals surface area (Å²) in [6, 6.07) is 10.3. The maximum Gasteiger partial charge on any atom is 0.321 e.